The average Bonchev–Trinajstić information content (AvgIpc) is 2.99. The zero-order valence-corrected chi connectivity index (χ0v) is 15.0. The highest BCUT2D eigenvalue weighted by molar-refractivity contribution is 5.92. The van der Waals surface area contributed by atoms with Crippen LogP contribution in [-0.4, -0.2) is 21.8 Å². The minimum atomic E-state index is -0.115. The molecule has 2 rings (SSSR count). The summed E-state index contributed by atoms with van der Waals surface area (Å²) in [6.07, 6.45) is 3.02. The fraction of sp³-hybridized carbons (Fsp3) is 0.474. The van der Waals surface area contributed by atoms with E-state index in [1.54, 1.807) is 11.7 Å². The molecule has 130 valence electrons. The number of benzene rings is 1. The number of aryl methyl sites for hydroxylation is 2. The smallest absolute Gasteiger partial charge is 0.269 e. The standard InChI is InChI=1S/C19H27N3O2/c1-5-15-12-18(22(4)21-15)19(23)20-13-14-9-8-10-17(11-14)24-16(6-2)7-3/h8-12,16H,5-7,13H2,1-4H3,(H,20,23). The second-order valence-corrected chi connectivity index (χ2v) is 5.88. The Balaban J connectivity index is 1.98. The van der Waals surface area contributed by atoms with Gasteiger partial charge in [-0.3, -0.25) is 9.48 Å². The highest BCUT2D eigenvalue weighted by atomic mass is 16.5. The molecule has 1 amide bonds. The van der Waals surface area contributed by atoms with E-state index in [1.165, 1.54) is 0 Å². The van der Waals surface area contributed by atoms with Crippen LogP contribution in [0.3, 0.4) is 0 Å². The minimum absolute atomic E-state index is 0.115. The van der Waals surface area contributed by atoms with Crippen LogP contribution in [0.15, 0.2) is 30.3 Å². The van der Waals surface area contributed by atoms with Gasteiger partial charge in [0.2, 0.25) is 0 Å². The molecule has 0 saturated heterocycles. The van der Waals surface area contributed by atoms with Crippen LogP contribution in [0.1, 0.15) is 55.4 Å². The lowest BCUT2D eigenvalue weighted by molar-refractivity contribution is 0.0941. The Labute approximate surface area is 144 Å². The van der Waals surface area contributed by atoms with Crippen molar-refractivity contribution in [3.05, 3.63) is 47.3 Å². The number of carbonyl (C=O) groups excluding carboxylic acids is 1. The predicted molar refractivity (Wildman–Crippen MR) is 95.2 cm³/mol. The summed E-state index contributed by atoms with van der Waals surface area (Å²) in [7, 11) is 1.79. The van der Waals surface area contributed by atoms with E-state index in [-0.39, 0.29) is 12.0 Å². The van der Waals surface area contributed by atoms with Gasteiger partial charge in [0.25, 0.3) is 5.91 Å². The van der Waals surface area contributed by atoms with E-state index in [1.807, 2.05) is 37.3 Å². The van der Waals surface area contributed by atoms with Gasteiger partial charge >= 0.3 is 0 Å². The monoisotopic (exact) mass is 329 g/mol. The molecule has 1 N–H and O–H groups in total. The number of ether oxygens (including phenoxy) is 1. The van der Waals surface area contributed by atoms with Gasteiger partial charge in [-0.15, -0.1) is 0 Å². The fourth-order valence-electron chi connectivity index (χ4n) is 2.56. The minimum Gasteiger partial charge on any atom is -0.490 e. The van der Waals surface area contributed by atoms with Crippen molar-refractivity contribution in [1.82, 2.24) is 15.1 Å². The molecule has 24 heavy (non-hydrogen) atoms. The molecule has 0 aliphatic heterocycles. The lowest BCUT2D eigenvalue weighted by atomic mass is 10.2. The Morgan fingerprint density at radius 3 is 2.62 bits per heavy atom. The third-order valence-corrected chi connectivity index (χ3v) is 4.09. The molecular formula is C19H27N3O2. The zero-order valence-electron chi connectivity index (χ0n) is 15.0. The molecule has 1 heterocycles. The Hall–Kier alpha value is -2.30. The first-order valence-electron chi connectivity index (χ1n) is 8.64. The van der Waals surface area contributed by atoms with E-state index in [9.17, 15) is 4.79 Å². The maximum Gasteiger partial charge on any atom is 0.269 e. The van der Waals surface area contributed by atoms with Gasteiger partial charge in [0.1, 0.15) is 11.4 Å². The second-order valence-electron chi connectivity index (χ2n) is 5.88. The molecule has 5 nitrogen and oxygen atoms in total. The van der Waals surface area contributed by atoms with Crippen molar-refractivity contribution in [1.29, 1.82) is 0 Å². The molecule has 0 radical (unpaired) electrons. The van der Waals surface area contributed by atoms with Crippen LogP contribution < -0.4 is 10.1 Å². The molecule has 0 atom stereocenters. The summed E-state index contributed by atoms with van der Waals surface area (Å²) in [6.45, 7) is 6.73. The van der Waals surface area contributed by atoms with Gasteiger partial charge < -0.3 is 10.1 Å². The topological polar surface area (TPSA) is 56.1 Å². The van der Waals surface area contributed by atoms with E-state index in [2.05, 4.69) is 24.3 Å². The summed E-state index contributed by atoms with van der Waals surface area (Å²) in [6, 6.07) is 9.72. The number of amides is 1. The predicted octanol–water partition coefficient (Wildman–Crippen LogP) is 3.48. The van der Waals surface area contributed by atoms with E-state index >= 15 is 0 Å². The van der Waals surface area contributed by atoms with E-state index in [4.69, 9.17) is 4.74 Å². The van der Waals surface area contributed by atoms with Crippen LogP contribution >= 0.6 is 0 Å². The number of carbonyl (C=O) groups is 1. The summed E-state index contributed by atoms with van der Waals surface area (Å²) in [5.41, 5.74) is 2.52. The highest BCUT2D eigenvalue weighted by Crippen LogP contribution is 2.17. The molecular weight excluding hydrogens is 302 g/mol. The second kappa shape index (κ2) is 8.52. The number of hydrogen-bond acceptors (Lipinski definition) is 3. The Kier molecular flexibility index (Phi) is 6.41. The normalized spacial score (nSPS) is 10.9. The number of aromatic nitrogens is 2. The Morgan fingerprint density at radius 1 is 1.25 bits per heavy atom. The van der Waals surface area contributed by atoms with Crippen molar-refractivity contribution in [2.75, 3.05) is 0 Å². The molecule has 1 aromatic carbocycles. The van der Waals surface area contributed by atoms with Gasteiger partial charge in [-0.1, -0.05) is 32.9 Å². The largest absolute Gasteiger partial charge is 0.490 e. The van der Waals surface area contributed by atoms with Gasteiger partial charge in [-0.25, -0.2) is 0 Å². The van der Waals surface area contributed by atoms with Crippen molar-refractivity contribution in [3.8, 4) is 5.75 Å². The lowest BCUT2D eigenvalue weighted by Gasteiger charge is -2.16. The quantitative estimate of drug-likeness (QED) is 0.806. The third kappa shape index (κ3) is 4.60. The lowest BCUT2D eigenvalue weighted by Crippen LogP contribution is -2.25. The molecule has 1 aromatic heterocycles. The molecule has 0 aliphatic carbocycles. The highest BCUT2D eigenvalue weighted by Gasteiger charge is 2.12. The van der Waals surface area contributed by atoms with Crippen LogP contribution in [0.4, 0.5) is 0 Å². The molecule has 0 fully saturated rings. The molecule has 0 aliphatic rings. The molecule has 0 unspecified atom stereocenters. The maximum atomic E-state index is 12.3. The summed E-state index contributed by atoms with van der Waals surface area (Å²) < 4.78 is 7.58. The Morgan fingerprint density at radius 2 is 2.00 bits per heavy atom. The van der Waals surface area contributed by atoms with Gasteiger partial charge in [-0.05, 0) is 43.0 Å². The van der Waals surface area contributed by atoms with Crippen LogP contribution in [0, 0.1) is 0 Å². The molecule has 0 saturated carbocycles. The summed E-state index contributed by atoms with van der Waals surface area (Å²) in [5, 5.41) is 7.25. The number of nitrogens with zero attached hydrogens (tertiary/aromatic N) is 2. The molecule has 2 aromatic rings. The van der Waals surface area contributed by atoms with E-state index in [0.717, 1.165) is 36.3 Å². The summed E-state index contributed by atoms with van der Waals surface area (Å²) >= 11 is 0. The van der Waals surface area contributed by atoms with Crippen molar-refractivity contribution < 1.29 is 9.53 Å². The number of hydrogen-bond donors (Lipinski definition) is 1. The first-order chi connectivity index (χ1) is 11.6. The SMILES string of the molecule is CCc1cc(C(=O)NCc2cccc(OC(CC)CC)c2)n(C)n1. The number of nitrogens with one attached hydrogen (secondary N) is 1. The molecule has 0 spiro atoms. The van der Waals surface area contributed by atoms with Crippen molar-refractivity contribution in [3.63, 3.8) is 0 Å². The van der Waals surface area contributed by atoms with E-state index < -0.39 is 0 Å². The van der Waals surface area contributed by atoms with Crippen molar-refractivity contribution in [2.24, 2.45) is 7.05 Å². The van der Waals surface area contributed by atoms with Gasteiger partial charge in [0, 0.05) is 13.6 Å². The van der Waals surface area contributed by atoms with E-state index in [0.29, 0.717) is 12.2 Å². The maximum absolute atomic E-state index is 12.3. The van der Waals surface area contributed by atoms with Gasteiger partial charge in [0.15, 0.2) is 0 Å². The fourth-order valence-corrected chi connectivity index (χ4v) is 2.56. The van der Waals surface area contributed by atoms with Crippen molar-refractivity contribution in [2.45, 2.75) is 52.7 Å². The first kappa shape index (κ1) is 18.0. The summed E-state index contributed by atoms with van der Waals surface area (Å²) in [4.78, 5) is 12.3. The third-order valence-electron chi connectivity index (χ3n) is 4.09. The molecule has 0 bridgehead atoms. The number of rotatable bonds is 8. The zero-order chi connectivity index (χ0) is 17.5. The van der Waals surface area contributed by atoms with Crippen LogP contribution in [-0.2, 0) is 20.0 Å². The van der Waals surface area contributed by atoms with Crippen LogP contribution in [0.25, 0.3) is 0 Å². The average molecular weight is 329 g/mol. The summed E-state index contributed by atoms with van der Waals surface area (Å²) in [5.74, 6) is 0.736. The van der Waals surface area contributed by atoms with Crippen molar-refractivity contribution >= 4 is 5.91 Å². The van der Waals surface area contributed by atoms with Gasteiger partial charge in [-0.2, -0.15) is 5.10 Å². The van der Waals surface area contributed by atoms with Crippen LogP contribution in [0.5, 0.6) is 5.75 Å². The Bertz CT molecular complexity index is 675. The van der Waals surface area contributed by atoms with Crippen LogP contribution in [0.2, 0.25) is 0 Å². The van der Waals surface area contributed by atoms with Gasteiger partial charge in [0.05, 0.1) is 11.8 Å². The molecule has 5 heteroatoms. The first-order valence-corrected chi connectivity index (χ1v) is 8.64.